The van der Waals surface area contributed by atoms with Crippen molar-refractivity contribution in [2.24, 2.45) is 5.10 Å². The van der Waals surface area contributed by atoms with Crippen LogP contribution in [-0.4, -0.2) is 23.2 Å². The molecular weight excluding hydrogens is 224 g/mol. The maximum atomic E-state index is 11.6. The van der Waals surface area contributed by atoms with Crippen molar-refractivity contribution in [3.63, 3.8) is 0 Å². The van der Waals surface area contributed by atoms with Gasteiger partial charge in [0, 0.05) is 11.6 Å². The molecule has 0 fully saturated rings. The molecule has 0 bridgehead atoms. The van der Waals surface area contributed by atoms with Gasteiger partial charge in [-0.15, -0.1) is 0 Å². The molecule has 1 aliphatic rings. The second-order valence-corrected chi connectivity index (χ2v) is 4.18. The summed E-state index contributed by atoms with van der Waals surface area (Å²) in [5.41, 5.74) is 1.80. The van der Waals surface area contributed by atoms with E-state index in [2.05, 4.69) is 5.10 Å². The molecule has 16 heavy (non-hydrogen) atoms. The molecule has 0 radical (unpaired) electrons. The van der Waals surface area contributed by atoms with Gasteiger partial charge in [-0.25, -0.2) is 5.01 Å². The Balaban J connectivity index is 2.20. The van der Waals surface area contributed by atoms with Crippen molar-refractivity contribution in [2.75, 3.05) is 6.54 Å². The van der Waals surface area contributed by atoms with Gasteiger partial charge >= 0.3 is 0 Å². The summed E-state index contributed by atoms with van der Waals surface area (Å²) in [6.45, 7) is 2.72. The van der Waals surface area contributed by atoms with Crippen molar-refractivity contribution in [2.45, 2.75) is 19.8 Å². The zero-order chi connectivity index (χ0) is 11.5. The van der Waals surface area contributed by atoms with Crippen molar-refractivity contribution in [1.82, 2.24) is 5.01 Å². The van der Waals surface area contributed by atoms with Crippen LogP contribution in [0.25, 0.3) is 0 Å². The normalized spacial score (nSPS) is 15.5. The van der Waals surface area contributed by atoms with Crippen LogP contribution in [0.2, 0.25) is 5.02 Å². The third-order valence-electron chi connectivity index (χ3n) is 2.46. The lowest BCUT2D eigenvalue weighted by atomic mass is 10.1. The van der Waals surface area contributed by atoms with E-state index >= 15 is 0 Å². The Bertz CT molecular complexity index is 425. The average molecular weight is 237 g/mol. The molecule has 1 amide bonds. The van der Waals surface area contributed by atoms with E-state index in [-0.39, 0.29) is 5.91 Å². The van der Waals surface area contributed by atoms with Gasteiger partial charge in [0.05, 0.1) is 12.1 Å². The quantitative estimate of drug-likeness (QED) is 0.794. The number of hydrazone groups is 1. The Morgan fingerprint density at radius 3 is 2.69 bits per heavy atom. The van der Waals surface area contributed by atoms with E-state index in [0.29, 0.717) is 18.0 Å². The summed E-state index contributed by atoms with van der Waals surface area (Å²) >= 11 is 5.81. The van der Waals surface area contributed by atoms with Crippen molar-refractivity contribution < 1.29 is 4.79 Å². The van der Waals surface area contributed by atoms with Gasteiger partial charge in [-0.1, -0.05) is 30.7 Å². The summed E-state index contributed by atoms with van der Waals surface area (Å²) < 4.78 is 0. The molecule has 0 unspecified atom stereocenters. The average Bonchev–Trinajstić information content (AvgIpc) is 2.62. The summed E-state index contributed by atoms with van der Waals surface area (Å²) in [4.78, 5) is 11.6. The van der Waals surface area contributed by atoms with E-state index in [1.54, 1.807) is 5.01 Å². The predicted octanol–water partition coefficient (Wildman–Crippen LogP) is 2.69. The van der Waals surface area contributed by atoms with Crippen LogP contribution in [0.3, 0.4) is 0 Å². The maximum Gasteiger partial charge on any atom is 0.248 e. The first-order chi connectivity index (χ1) is 7.70. The highest BCUT2D eigenvalue weighted by atomic mass is 35.5. The van der Waals surface area contributed by atoms with Crippen LogP contribution in [-0.2, 0) is 4.79 Å². The lowest BCUT2D eigenvalue weighted by Crippen LogP contribution is -2.21. The SMILES string of the molecule is CCCN1N=C(c2ccc(Cl)cc2)CC1=O. The van der Waals surface area contributed by atoms with Gasteiger partial charge in [0.1, 0.15) is 0 Å². The summed E-state index contributed by atoms with van der Waals surface area (Å²) in [6, 6.07) is 7.41. The van der Waals surface area contributed by atoms with E-state index < -0.39 is 0 Å². The molecule has 1 heterocycles. The van der Waals surface area contributed by atoms with Gasteiger partial charge in [0.15, 0.2) is 0 Å². The van der Waals surface area contributed by atoms with E-state index in [0.717, 1.165) is 17.7 Å². The number of rotatable bonds is 3. The Morgan fingerprint density at radius 1 is 1.38 bits per heavy atom. The van der Waals surface area contributed by atoms with Gasteiger partial charge in [-0.3, -0.25) is 4.79 Å². The number of halogens is 1. The van der Waals surface area contributed by atoms with Crippen LogP contribution in [0.15, 0.2) is 29.4 Å². The van der Waals surface area contributed by atoms with E-state index in [9.17, 15) is 4.79 Å². The van der Waals surface area contributed by atoms with Crippen LogP contribution in [0.1, 0.15) is 25.3 Å². The number of hydrogen-bond donors (Lipinski definition) is 0. The van der Waals surface area contributed by atoms with Crippen LogP contribution in [0, 0.1) is 0 Å². The second-order valence-electron chi connectivity index (χ2n) is 3.75. The first-order valence-corrected chi connectivity index (χ1v) is 5.72. The molecule has 0 saturated carbocycles. The molecule has 1 aromatic carbocycles. The molecule has 0 atom stereocenters. The predicted molar refractivity (Wildman–Crippen MR) is 64.6 cm³/mol. The monoisotopic (exact) mass is 236 g/mol. The van der Waals surface area contributed by atoms with Crippen LogP contribution >= 0.6 is 11.6 Å². The summed E-state index contributed by atoms with van der Waals surface area (Å²) in [7, 11) is 0. The molecule has 4 heteroatoms. The fraction of sp³-hybridized carbons (Fsp3) is 0.333. The largest absolute Gasteiger partial charge is 0.273 e. The molecule has 0 aliphatic carbocycles. The van der Waals surface area contributed by atoms with E-state index in [1.165, 1.54) is 0 Å². The van der Waals surface area contributed by atoms with Crippen molar-refractivity contribution >= 4 is 23.2 Å². The van der Waals surface area contributed by atoms with Crippen LogP contribution in [0.4, 0.5) is 0 Å². The molecule has 3 nitrogen and oxygen atoms in total. The molecule has 0 saturated heterocycles. The number of carbonyl (C=O) groups is 1. The molecule has 2 rings (SSSR count). The van der Waals surface area contributed by atoms with Crippen molar-refractivity contribution in [3.8, 4) is 0 Å². The number of carbonyl (C=O) groups excluding carboxylic acids is 1. The smallest absolute Gasteiger partial charge is 0.248 e. The molecule has 1 aromatic rings. The highest BCUT2D eigenvalue weighted by molar-refractivity contribution is 6.30. The van der Waals surface area contributed by atoms with Gasteiger partial charge in [-0.05, 0) is 24.1 Å². The highest BCUT2D eigenvalue weighted by Crippen LogP contribution is 2.17. The first-order valence-electron chi connectivity index (χ1n) is 5.34. The van der Waals surface area contributed by atoms with Gasteiger partial charge in [0.2, 0.25) is 5.91 Å². The minimum Gasteiger partial charge on any atom is -0.273 e. The standard InChI is InChI=1S/C12H13ClN2O/c1-2-7-15-12(16)8-11(14-15)9-3-5-10(13)6-4-9/h3-6H,2,7-8H2,1H3. The lowest BCUT2D eigenvalue weighted by molar-refractivity contribution is -0.128. The lowest BCUT2D eigenvalue weighted by Gasteiger charge is -2.08. The summed E-state index contributed by atoms with van der Waals surface area (Å²) in [5.74, 6) is 0.0757. The molecule has 0 spiro atoms. The molecular formula is C12H13ClN2O. The Labute approximate surface area is 99.7 Å². The maximum absolute atomic E-state index is 11.6. The molecule has 0 N–H and O–H groups in total. The van der Waals surface area contributed by atoms with Gasteiger partial charge in [0.25, 0.3) is 0 Å². The Hall–Kier alpha value is -1.35. The van der Waals surface area contributed by atoms with Crippen molar-refractivity contribution in [1.29, 1.82) is 0 Å². The number of hydrogen-bond acceptors (Lipinski definition) is 2. The Kier molecular flexibility index (Phi) is 3.25. The number of benzene rings is 1. The minimum absolute atomic E-state index is 0.0757. The molecule has 84 valence electrons. The third-order valence-corrected chi connectivity index (χ3v) is 2.71. The van der Waals surface area contributed by atoms with Gasteiger partial charge in [-0.2, -0.15) is 5.10 Å². The topological polar surface area (TPSA) is 32.7 Å². The highest BCUT2D eigenvalue weighted by Gasteiger charge is 2.23. The second kappa shape index (κ2) is 4.66. The Morgan fingerprint density at radius 2 is 2.06 bits per heavy atom. The summed E-state index contributed by atoms with van der Waals surface area (Å²) in [5, 5.41) is 6.56. The van der Waals surface area contributed by atoms with Crippen LogP contribution < -0.4 is 0 Å². The zero-order valence-electron chi connectivity index (χ0n) is 9.11. The first kappa shape index (κ1) is 11.1. The van der Waals surface area contributed by atoms with Gasteiger partial charge < -0.3 is 0 Å². The fourth-order valence-electron chi connectivity index (χ4n) is 1.66. The van der Waals surface area contributed by atoms with E-state index in [4.69, 9.17) is 11.6 Å². The number of nitrogens with zero attached hydrogens (tertiary/aromatic N) is 2. The zero-order valence-corrected chi connectivity index (χ0v) is 9.87. The third kappa shape index (κ3) is 2.25. The molecule has 0 aromatic heterocycles. The molecule has 1 aliphatic heterocycles. The summed E-state index contributed by atoms with van der Waals surface area (Å²) in [6.07, 6.45) is 1.31. The van der Waals surface area contributed by atoms with Crippen LogP contribution in [0.5, 0.6) is 0 Å². The van der Waals surface area contributed by atoms with E-state index in [1.807, 2.05) is 31.2 Å². The van der Waals surface area contributed by atoms with Crippen molar-refractivity contribution in [3.05, 3.63) is 34.9 Å². The fourth-order valence-corrected chi connectivity index (χ4v) is 1.79. The number of amides is 1. The minimum atomic E-state index is 0.0757.